The monoisotopic (exact) mass is 406 g/mol. The Morgan fingerprint density at radius 2 is 2.00 bits per heavy atom. The number of allylic oxidation sites excluding steroid dienone is 1. The maximum atomic E-state index is 3.51. The lowest BCUT2D eigenvalue weighted by molar-refractivity contribution is 0.319. The summed E-state index contributed by atoms with van der Waals surface area (Å²) >= 11 is 1.74. The second kappa shape index (κ2) is 12.4. The zero-order valence-electron chi connectivity index (χ0n) is 18.2. The third-order valence-corrected chi connectivity index (χ3v) is 5.06. The van der Waals surface area contributed by atoms with Crippen molar-refractivity contribution < 1.29 is 0 Å². The Labute approximate surface area is 181 Å². The molecule has 1 aromatic heterocycles. The van der Waals surface area contributed by atoms with Crippen molar-refractivity contribution in [1.82, 2.24) is 10.2 Å². The molecule has 3 heteroatoms. The fraction of sp³-hybridized carbons (Fsp3) is 0.385. The van der Waals surface area contributed by atoms with Crippen molar-refractivity contribution in [3.8, 4) is 23.0 Å². The Morgan fingerprint density at radius 1 is 1.14 bits per heavy atom. The number of nitrogens with zero attached hydrogens (tertiary/aromatic N) is 1. The van der Waals surface area contributed by atoms with Gasteiger partial charge in [-0.05, 0) is 73.0 Å². The molecule has 29 heavy (non-hydrogen) atoms. The van der Waals surface area contributed by atoms with Gasteiger partial charge in [-0.3, -0.25) is 4.90 Å². The number of hydrogen-bond donors (Lipinski definition) is 1. The first-order chi connectivity index (χ1) is 14.0. The molecule has 0 spiro atoms. The molecule has 0 fully saturated rings. The predicted molar refractivity (Wildman–Crippen MR) is 130 cm³/mol. The molecule has 2 rings (SSSR count). The first-order valence-electron chi connectivity index (χ1n) is 10.4. The molecule has 1 aromatic carbocycles. The molecule has 0 radical (unpaired) electrons. The summed E-state index contributed by atoms with van der Waals surface area (Å²) in [5.41, 5.74) is 3.88. The fourth-order valence-corrected chi connectivity index (χ4v) is 3.43. The van der Waals surface area contributed by atoms with E-state index < -0.39 is 0 Å². The van der Waals surface area contributed by atoms with Crippen LogP contribution in [-0.4, -0.2) is 37.6 Å². The predicted octanol–water partition coefficient (Wildman–Crippen LogP) is 5.95. The summed E-state index contributed by atoms with van der Waals surface area (Å²) in [7, 11) is 0. The normalized spacial score (nSPS) is 12.0. The summed E-state index contributed by atoms with van der Waals surface area (Å²) in [6.45, 7) is 13.5. The standard InChI is InChI=1S/C26H34N2S/c1-5-28(18-8-6-7-15-26(2,3)4)19-17-27-16-10-12-23-11-9-13-24(21-23)25-14-20-29-22-25/h6,8-14,20-22,27H,5,16-19H2,1-4H3/b8-6+,12-10+. The number of hydrogen-bond acceptors (Lipinski definition) is 3. The molecule has 0 unspecified atom stereocenters. The van der Waals surface area contributed by atoms with Crippen molar-refractivity contribution in [3.05, 3.63) is 64.9 Å². The van der Waals surface area contributed by atoms with Crippen LogP contribution < -0.4 is 5.32 Å². The Bertz CT molecular complexity index is 830. The third kappa shape index (κ3) is 9.76. The molecule has 0 saturated carbocycles. The topological polar surface area (TPSA) is 15.3 Å². The molecule has 1 heterocycles. The molecule has 1 N–H and O–H groups in total. The lowest BCUT2D eigenvalue weighted by atomic mass is 9.98. The summed E-state index contributed by atoms with van der Waals surface area (Å²) in [6, 6.07) is 10.9. The minimum Gasteiger partial charge on any atom is -0.312 e. The second-order valence-corrected chi connectivity index (χ2v) is 8.84. The van der Waals surface area contributed by atoms with Crippen LogP contribution in [0.1, 0.15) is 33.3 Å². The average Bonchev–Trinajstić information content (AvgIpc) is 3.23. The van der Waals surface area contributed by atoms with Crippen LogP contribution in [0.5, 0.6) is 0 Å². The van der Waals surface area contributed by atoms with Crippen molar-refractivity contribution in [3.63, 3.8) is 0 Å². The molecule has 0 amide bonds. The van der Waals surface area contributed by atoms with E-state index in [1.54, 1.807) is 11.3 Å². The van der Waals surface area contributed by atoms with Crippen LogP contribution in [-0.2, 0) is 0 Å². The molecule has 0 saturated heterocycles. The van der Waals surface area contributed by atoms with Gasteiger partial charge in [0, 0.05) is 31.6 Å². The summed E-state index contributed by atoms with van der Waals surface area (Å²) < 4.78 is 0. The number of rotatable bonds is 10. The number of nitrogens with one attached hydrogen (secondary N) is 1. The van der Waals surface area contributed by atoms with Gasteiger partial charge in [0.2, 0.25) is 0 Å². The van der Waals surface area contributed by atoms with E-state index in [4.69, 9.17) is 0 Å². The Kier molecular flexibility index (Phi) is 9.94. The van der Waals surface area contributed by atoms with Gasteiger partial charge in [0.15, 0.2) is 0 Å². The van der Waals surface area contributed by atoms with E-state index in [2.05, 4.69) is 109 Å². The summed E-state index contributed by atoms with van der Waals surface area (Å²) in [6.07, 6.45) is 8.53. The number of benzene rings is 1. The van der Waals surface area contributed by atoms with Crippen molar-refractivity contribution in [2.24, 2.45) is 5.41 Å². The minimum atomic E-state index is 0.0669. The van der Waals surface area contributed by atoms with Crippen LogP contribution in [0.4, 0.5) is 0 Å². The highest BCUT2D eigenvalue weighted by atomic mass is 32.1. The summed E-state index contributed by atoms with van der Waals surface area (Å²) in [5, 5.41) is 7.82. The molecular weight excluding hydrogens is 372 g/mol. The van der Waals surface area contributed by atoms with Gasteiger partial charge in [-0.15, -0.1) is 0 Å². The van der Waals surface area contributed by atoms with Crippen molar-refractivity contribution in [1.29, 1.82) is 0 Å². The lowest BCUT2D eigenvalue weighted by Crippen LogP contribution is -2.32. The Balaban J connectivity index is 1.68. The van der Waals surface area contributed by atoms with Crippen molar-refractivity contribution in [2.75, 3.05) is 32.7 Å². The molecule has 0 aliphatic carbocycles. The number of thiophene rings is 1. The highest BCUT2D eigenvalue weighted by Crippen LogP contribution is 2.23. The molecule has 0 aliphatic rings. The Hall–Kier alpha value is -2.12. The first kappa shape index (κ1) is 23.2. The van der Waals surface area contributed by atoms with Crippen LogP contribution in [0.2, 0.25) is 0 Å². The van der Waals surface area contributed by atoms with E-state index in [0.717, 1.165) is 32.7 Å². The van der Waals surface area contributed by atoms with Gasteiger partial charge in [-0.1, -0.05) is 55.2 Å². The average molecular weight is 407 g/mol. The maximum absolute atomic E-state index is 3.51. The van der Waals surface area contributed by atoms with Crippen LogP contribution >= 0.6 is 11.3 Å². The molecule has 0 bridgehead atoms. The summed E-state index contributed by atoms with van der Waals surface area (Å²) in [5.74, 6) is 6.37. The highest BCUT2D eigenvalue weighted by Gasteiger charge is 2.02. The molecular formula is C26H34N2S. The molecule has 2 nitrogen and oxygen atoms in total. The molecule has 0 atom stereocenters. The zero-order chi connectivity index (χ0) is 21.0. The smallest absolute Gasteiger partial charge is 0.0233 e. The highest BCUT2D eigenvalue weighted by molar-refractivity contribution is 7.08. The first-order valence-corrected chi connectivity index (χ1v) is 11.3. The van der Waals surface area contributed by atoms with E-state index in [-0.39, 0.29) is 5.41 Å². The Morgan fingerprint density at radius 3 is 2.72 bits per heavy atom. The number of likely N-dealkylation sites (N-methyl/N-ethyl adjacent to an activating group) is 1. The minimum absolute atomic E-state index is 0.0669. The van der Waals surface area contributed by atoms with Gasteiger partial charge in [-0.25, -0.2) is 0 Å². The van der Waals surface area contributed by atoms with E-state index >= 15 is 0 Å². The quantitative estimate of drug-likeness (QED) is 0.388. The largest absolute Gasteiger partial charge is 0.312 e. The molecule has 154 valence electrons. The summed E-state index contributed by atoms with van der Waals surface area (Å²) in [4.78, 5) is 2.41. The third-order valence-electron chi connectivity index (χ3n) is 4.38. The van der Waals surface area contributed by atoms with Gasteiger partial charge < -0.3 is 5.32 Å². The van der Waals surface area contributed by atoms with Gasteiger partial charge in [0.05, 0.1) is 0 Å². The van der Waals surface area contributed by atoms with E-state index in [9.17, 15) is 0 Å². The SMILES string of the molecule is CCN(C/C=C/C#CC(C)(C)C)CCNC/C=C/c1cccc(-c2ccsc2)c1. The van der Waals surface area contributed by atoms with E-state index in [1.165, 1.54) is 16.7 Å². The van der Waals surface area contributed by atoms with E-state index in [1.807, 2.05) is 6.08 Å². The van der Waals surface area contributed by atoms with Gasteiger partial charge in [-0.2, -0.15) is 11.3 Å². The zero-order valence-corrected chi connectivity index (χ0v) is 19.1. The van der Waals surface area contributed by atoms with Crippen LogP contribution in [0.25, 0.3) is 17.2 Å². The van der Waals surface area contributed by atoms with Gasteiger partial charge >= 0.3 is 0 Å². The van der Waals surface area contributed by atoms with Crippen LogP contribution in [0, 0.1) is 17.3 Å². The second-order valence-electron chi connectivity index (χ2n) is 8.06. The van der Waals surface area contributed by atoms with Crippen molar-refractivity contribution >= 4 is 17.4 Å². The van der Waals surface area contributed by atoms with Gasteiger partial charge in [0.1, 0.15) is 0 Å². The molecule has 0 aliphatic heterocycles. The van der Waals surface area contributed by atoms with Crippen LogP contribution in [0.15, 0.2) is 59.3 Å². The van der Waals surface area contributed by atoms with Gasteiger partial charge in [0.25, 0.3) is 0 Å². The molecule has 2 aromatic rings. The van der Waals surface area contributed by atoms with Crippen LogP contribution in [0.3, 0.4) is 0 Å². The van der Waals surface area contributed by atoms with E-state index in [0.29, 0.717) is 0 Å². The fourth-order valence-electron chi connectivity index (χ4n) is 2.77. The lowest BCUT2D eigenvalue weighted by Gasteiger charge is -2.18. The van der Waals surface area contributed by atoms with Crippen molar-refractivity contribution in [2.45, 2.75) is 27.7 Å². The maximum Gasteiger partial charge on any atom is 0.0233 e.